The van der Waals surface area contributed by atoms with E-state index in [2.05, 4.69) is 54.3 Å². The maximum Gasteiger partial charge on any atom is 0.374 e. The Morgan fingerprint density at radius 2 is 1.79 bits per heavy atom. The molecule has 244 valence electrons. The lowest BCUT2D eigenvalue weighted by atomic mass is 10.0. The number of piperidine rings is 1. The highest BCUT2D eigenvalue weighted by atomic mass is 16.5. The summed E-state index contributed by atoms with van der Waals surface area (Å²) in [5.41, 5.74) is 8.06. The third kappa shape index (κ3) is 4.68. The van der Waals surface area contributed by atoms with Gasteiger partial charge in [0.05, 0.1) is 36.0 Å². The highest BCUT2D eigenvalue weighted by molar-refractivity contribution is 6.01. The van der Waals surface area contributed by atoms with Crippen LogP contribution in [0.5, 0.6) is 5.75 Å². The number of benzene rings is 3. The Kier molecular flexibility index (Phi) is 6.64. The van der Waals surface area contributed by atoms with E-state index in [9.17, 15) is 9.59 Å². The molecule has 4 heterocycles. The van der Waals surface area contributed by atoms with Crippen LogP contribution in [0.15, 0.2) is 54.6 Å². The number of aromatic amines is 1. The van der Waals surface area contributed by atoms with Crippen LogP contribution in [0.4, 0.5) is 0 Å². The van der Waals surface area contributed by atoms with Crippen molar-refractivity contribution >= 4 is 44.8 Å². The summed E-state index contributed by atoms with van der Waals surface area (Å²) in [7, 11) is 3.69. The molecule has 0 spiro atoms. The highest BCUT2D eigenvalue weighted by Crippen LogP contribution is 2.41. The number of hydrogen-bond donors (Lipinski definition) is 1. The SMILES string of the molecule is CCOC(=O)c1nc2cc(-c3ccc4cc(-c5nc6cc(C(=O)N7CC8CCC7C8)cc(OC)c6n5C)n(CC5CC5)c4c3)ccc2[nH]1. The molecule has 9 rings (SSSR count). The summed E-state index contributed by atoms with van der Waals surface area (Å²) in [5, 5.41) is 1.14. The predicted molar refractivity (Wildman–Crippen MR) is 184 cm³/mol. The lowest BCUT2D eigenvalue weighted by Crippen LogP contribution is -2.37. The van der Waals surface area contributed by atoms with Gasteiger partial charge in [-0.25, -0.2) is 14.8 Å². The Morgan fingerprint density at radius 1 is 0.958 bits per heavy atom. The number of ether oxygens (including phenoxy) is 2. The third-order valence-corrected chi connectivity index (χ3v) is 10.6. The van der Waals surface area contributed by atoms with Crippen LogP contribution >= 0.6 is 0 Å². The molecule has 10 nitrogen and oxygen atoms in total. The van der Waals surface area contributed by atoms with Crippen LogP contribution in [-0.2, 0) is 18.3 Å². The normalized spacial score (nSPS) is 18.9. The molecule has 6 aromatic rings. The number of hydrogen-bond acceptors (Lipinski definition) is 6. The maximum absolute atomic E-state index is 13.7. The largest absolute Gasteiger partial charge is 0.494 e. The number of methoxy groups -OCH3 is 1. The summed E-state index contributed by atoms with van der Waals surface area (Å²) < 4.78 is 15.5. The number of nitrogens with one attached hydrogen (secondary N) is 1. The molecule has 2 unspecified atom stereocenters. The van der Waals surface area contributed by atoms with Gasteiger partial charge in [0.1, 0.15) is 11.3 Å². The van der Waals surface area contributed by atoms with Crippen molar-refractivity contribution < 1.29 is 19.1 Å². The average molecular weight is 643 g/mol. The first-order chi connectivity index (χ1) is 23.4. The molecular formula is C38H38N6O4. The van der Waals surface area contributed by atoms with E-state index >= 15 is 0 Å². The van der Waals surface area contributed by atoms with E-state index < -0.39 is 5.97 Å². The third-order valence-electron chi connectivity index (χ3n) is 10.6. The van der Waals surface area contributed by atoms with E-state index in [0.717, 1.165) is 76.0 Å². The number of H-pyrrole nitrogens is 1. The van der Waals surface area contributed by atoms with Crippen LogP contribution in [0.1, 0.15) is 60.0 Å². The first-order valence-corrected chi connectivity index (χ1v) is 17.0. The number of rotatable bonds is 8. The monoisotopic (exact) mass is 642 g/mol. The van der Waals surface area contributed by atoms with E-state index in [1.807, 2.05) is 31.3 Å². The van der Waals surface area contributed by atoms with Crippen LogP contribution in [0.3, 0.4) is 0 Å². The molecule has 3 aliphatic rings. The van der Waals surface area contributed by atoms with Gasteiger partial charge in [-0.15, -0.1) is 0 Å². The molecule has 1 N–H and O–H groups in total. The minimum Gasteiger partial charge on any atom is -0.494 e. The van der Waals surface area contributed by atoms with Gasteiger partial charge >= 0.3 is 5.97 Å². The van der Waals surface area contributed by atoms with E-state index in [0.29, 0.717) is 41.3 Å². The molecule has 3 fully saturated rings. The molecule has 1 aliphatic heterocycles. The maximum atomic E-state index is 13.7. The molecule has 0 radical (unpaired) electrons. The minimum atomic E-state index is -0.456. The second kappa shape index (κ2) is 11.0. The van der Waals surface area contributed by atoms with Crippen molar-refractivity contribution in [1.82, 2.24) is 29.0 Å². The summed E-state index contributed by atoms with van der Waals surface area (Å²) in [5.74, 6) is 2.61. The number of aromatic nitrogens is 5. The van der Waals surface area contributed by atoms with Gasteiger partial charge in [0.2, 0.25) is 5.82 Å². The Balaban J connectivity index is 1.12. The van der Waals surface area contributed by atoms with E-state index in [1.165, 1.54) is 19.3 Å². The van der Waals surface area contributed by atoms with Crippen LogP contribution in [-0.4, -0.2) is 67.2 Å². The lowest BCUT2D eigenvalue weighted by molar-refractivity contribution is 0.0513. The topological polar surface area (TPSA) is 107 Å². The highest BCUT2D eigenvalue weighted by Gasteiger charge is 2.40. The van der Waals surface area contributed by atoms with Gasteiger partial charge in [0.25, 0.3) is 5.91 Å². The van der Waals surface area contributed by atoms with Gasteiger partial charge in [0.15, 0.2) is 5.82 Å². The molecule has 48 heavy (non-hydrogen) atoms. The summed E-state index contributed by atoms with van der Waals surface area (Å²) in [4.78, 5) is 40.8. The average Bonchev–Trinajstić information content (AvgIpc) is 3.51. The van der Waals surface area contributed by atoms with E-state index in [4.69, 9.17) is 14.5 Å². The molecule has 3 aromatic carbocycles. The molecule has 10 heteroatoms. The molecule has 1 amide bonds. The Labute approximate surface area is 277 Å². The molecule has 2 aliphatic carbocycles. The zero-order valence-corrected chi connectivity index (χ0v) is 27.5. The number of likely N-dealkylation sites (tertiary alicyclic amines) is 1. The summed E-state index contributed by atoms with van der Waals surface area (Å²) >= 11 is 0. The van der Waals surface area contributed by atoms with Crippen molar-refractivity contribution in [3.63, 3.8) is 0 Å². The van der Waals surface area contributed by atoms with Crippen molar-refractivity contribution in [2.75, 3.05) is 20.3 Å². The molecule has 1 saturated heterocycles. The fourth-order valence-corrected chi connectivity index (χ4v) is 8.01. The van der Waals surface area contributed by atoms with Crippen molar-refractivity contribution in [2.45, 2.75) is 51.6 Å². The fourth-order valence-electron chi connectivity index (χ4n) is 8.01. The van der Waals surface area contributed by atoms with Gasteiger partial charge in [0, 0.05) is 42.6 Å². The van der Waals surface area contributed by atoms with Crippen LogP contribution in [0.2, 0.25) is 0 Å². The summed E-state index contributed by atoms with van der Waals surface area (Å²) in [6.45, 7) is 3.84. The molecule has 2 saturated carbocycles. The number of carbonyl (C=O) groups excluding carboxylic acids is 2. The van der Waals surface area contributed by atoms with Crippen molar-refractivity contribution in [2.24, 2.45) is 18.9 Å². The van der Waals surface area contributed by atoms with E-state index in [1.54, 1.807) is 14.0 Å². The number of fused-ring (bicyclic) bond motifs is 5. The van der Waals surface area contributed by atoms with Gasteiger partial charge in [-0.05, 0) is 98.4 Å². The van der Waals surface area contributed by atoms with Crippen molar-refractivity contribution in [1.29, 1.82) is 0 Å². The zero-order chi connectivity index (χ0) is 32.7. The van der Waals surface area contributed by atoms with Crippen molar-refractivity contribution in [3.05, 3.63) is 66.0 Å². The van der Waals surface area contributed by atoms with Gasteiger partial charge in [-0.1, -0.05) is 18.2 Å². The number of esters is 1. The minimum absolute atomic E-state index is 0.0788. The smallest absolute Gasteiger partial charge is 0.374 e. The van der Waals surface area contributed by atoms with Crippen LogP contribution in [0, 0.1) is 11.8 Å². The van der Waals surface area contributed by atoms with Crippen molar-refractivity contribution in [3.8, 4) is 28.4 Å². The number of imidazole rings is 2. The number of aryl methyl sites for hydroxylation is 1. The van der Waals surface area contributed by atoms with Crippen LogP contribution < -0.4 is 4.74 Å². The molecule has 3 aromatic heterocycles. The second-order valence-corrected chi connectivity index (χ2v) is 13.7. The van der Waals surface area contributed by atoms with Gasteiger partial charge in [-0.3, -0.25) is 4.79 Å². The number of nitrogens with zero attached hydrogens (tertiary/aromatic N) is 5. The van der Waals surface area contributed by atoms with Crippen LogP contribution in [0.25, 0.3) is 55.6 Å². The quantitative estimate of drug-likeness (QED) is 0.180. The van der Waals surface area contributed by atoms with Gasteiger partial charge in [-0.2, -0.15) is 0 Å². The first kappa shape index (κ1) is 29.1. The molecule has 2 bridgehead atoms. The Morgan fingerprint density at radius 3 is 2.54 bits per heavy atom. The lowest BCUT2D eigenvalue weighted by Gasteiger charge is -2.27. The molecule has 2 atom stereocenters. The standard InChI is InChI=1S/C38H38N6O4/c1-4-48-38(46)35-39-28-12-10-23(14-29(28)40-35)24-8-9-25-17-32(44(31(25)16-24)19-21-5-6-21)36-41-30-15-26(18-33(47-3)34(30)42(36)2)37(45)43-20-22-7-11-27(43)13-22/h8-10,12,14-18,21-22,27H,4-7,11,13,19-20H2,1-3H3,(H,39,40). The first-order valence-electron chi connectivity index (χ1n) is 17.0. The molecular weight excluding hydrogens is 604 g/mol. The summed E-state index contributed by atoms with van der Waals surface area (Å²) in [6.07, 6.45) is 5.90. The Bertz CT molecular complexity index is 2270. The fraction of sp³-hybridized carbons (Fsp3) is 0.368. The number of carbonyl (C=O) groups is 2. The van der Waals surface area contributed by atoms with E-state index in [-0.39, 0.29) is 11.7 Å². The number of amides is 1. The second-order valence-electron chi connectivity index (χ2n) is 13.7. The Hall–Kier alpha value is -5.12. The summed E-state index contributed by atoms with van der Waals surface area (Å²) in [6, 6.07) is 19.0. The van der Waals surface area contributed by atoms with Gasteiger partial charge < -0.3 is 28.5 Å². The zero-order valence-electron chi connectivity index (χ0n) is 27.5. The predicted octanol–water partition coefficient (Wildman–Crippen LogP) is 6.96.